The van der Waals surface area contributed by atoms with Gasteiger partial charge in [-0.15, -0.1) is 18.7 Å². The quantitative estimate of drug-likeness (QED) is 0.893. The number of nitrogens with zero attached hydrogens (tertiary/aromatic N) is 2. The molecule has 3 rings (SSSR count). The minimum Gasteiger partial charge on any atom is -0.403 e. The number of allylic oxidation sites excluding steroid dienone is 1. The number of hydrogen-bond acceptors (Lipinski definition) is 5. The molecule has 0 amide bonds. The van der Waals surface area contributed by atoms with Gasteiger partial charge in [0.1, 0.15) is 5.69 Å². The van der Waals surface area contributed by atoms with Gasteiger partial charge in [0.25, 0.3) is 0 Å². The average molecular weight is 315 g/mol. The Morgan fingerprint density at radius 2 is 2.00 bits per heavy atom. The van der Waals surface area contributed by atoms with Crippen LogP contribution in [0.4, 0.5) is 18.9 Å². The number of para-hydroxylation sites is 2. The van der Waals surface area contributed by atoms with Crippen molar-refractivity contribution in [1.29, 1.82) is 0 Å². The summed E-state index contributed by atoms with van der Waals surface area (Å²) in [4.78, 5) is 0. The maximum Gasteiger partial charge on any atom is 0.573 e. The van der Waals surface area contributed by atoms with Crippen molar-refractivity contribution in [2.24, 2.45) is 5.92 Å². The Balaban J connectivity index is 1.97. The molecule has 120 valence electrons. The lowest BCUT2D eigenvalue weighted by Gasteiger charge is -2.25. The van der Waals surface area contributed by atoms with Crippen LogP contribution in [0, 0.1) is 5.92 Å². The highest BCUT2D eigenvalue weighted by molar-refractivity contribution is 5.63. The van der Waals surface area contributed by atoms with Crippen LogP contribution < -0.4 is 15.3 Å². The first-order valence-corrected chi connectivity index (χ1v) is 6.89. The lowest BCUT2D eigenvalue weighted by Crippen LogP contribution is -2.40. The minimum atomic E-state index is -4.77. The van der Waals surface area contributed by atoms with Crippen molar-refractivity contribution in [2.45, 2.75) is 19.2 Å². The predicted octanol–water partition coefficient (Wildman–Crippen LogP) is 2.37. The minimum absolute atomic E-state index is 0.200. The van der Waals surface area contributed by atoms with E-state index in [0.717, 1.165) is 18.5 Å². The van der Waals surface area contributed by atoms with Crippen molar-refractivity contribution in [2.75, 3.05) is 18.7 Å². The van der Waals surface area contributed by atoms with E-state index in [2.05, 4.69) is 10.3 Å². The molecule has 0 spiro atoms. The number of aliphatic hydroxyl groups excluding tert-OH is 1. The molecular weight excluding hydrogens is 299 g/mol. The zero-order valence-corrected chi connectivity index (χ0v) is 11.9. The highest BCUT2D eigenvalue weighted by atomic mass is 19.4. The molecule has 1 aliphatic heterocycles. The summed E-state index contributed by atoms with van der Waals surface area (Å²) in [5.74, 6) is 0.0132. The largest absolute Gasteiger partial charge is 0.573 e. The zero-order chi connectivity index (χ0) is 15.9. The van der Waals surface area contributed by atoms with Crippen LogP contribution in [0.15, 0.2) is 35.7 Å². The normalized spacial score (nSPS) is 19.1. The van der Waals surface area contributed by atoms with Crippen LogP contribution in [0.2, 0.25) is 0 Å². The van der Waals surface area contributed by atoms with Gasteiger partial charge in [-0.2, -0.15) is 0 Å². The van der Waals surface area contributed by atoms with Crippen LogP contribution in [-0.2, 0) is 0 Å². The Bertz CT molecular complexity index is 599. The molecule has 5 nitrogen and oxygen atoms in total. The van der Waals surface area contributed by atoms with Crippen LogP contribution in [-0.4, -0.2) is 30.1 Å². The summed E-state index contributed by atoms with van der Waals surface area (Å²) in [6, 6.07) is 5.83. The number of nitrogens with one attached hydrogen (secondary N) is 1. The maximum absolute atomic E-state index is 12.5. The highest BCUT2D eigenvalue weighted by Gasteiger charge is 2.39. The lowest BCUT2D eigenvalue weighted by atomic mass is 10.2. The molecule has 0 aromatic heterocycles. The van der Waals surface area contributed by atoms with Crippen LogP contribution in [0.25, 0.3) is 0 Å². The molecule has 22 heavy (non-hydrogen) atoms. The highest BCUT2D eigenvalue weighted by Crippen LogP contribution is 2.43. The monoisotopic (exact) mass is 315 g/mol. The molecule has 2 N–H and O–H groups in total. The molecule has 0 bridgehead atoms. The van der Waals surface area contributed by atoms with Gasteiger partial charge in [0.05, 0.1) is 18.0 Å². The Morgan fingerprint density at radius 1 is 1.32 bits per heavy atom. The van der Waals surface area contributed by atoms with Gasteiger partial charge in [0.15, 0.2) is 5.75 Å². The third-order valence-electron chi connectivity index (χ3n) is 3.62. The molecule has 1 saturated carbocycles. The predicted molar refractivity (Wildman–Crippen MR) is 73.3 cm³/mol. The third-order valence-corrected chi connectivity index (χ3v) is 3.62. The molecule has 8 heteroatoms. The smallest absolute Gasteiger partial charge is 0.403 e. The Hall–Kier alpha value is -1.93. The SMILES string of the molecule is CN1NN(c2ccccc2OC(F)(F)F)C(CO)=C1C1CC1. The van der Waals surface area contributed by atoms with E-state index < -0.39 is 6.36 Å². The molecular formula is C14H16F3N3O2. The summed E-state index contributed by atoms with van der Waals surface area (Å²) in [6.45, 7) is -0.274. The van der Waals surface area contributed by atoms with E-state index in [4.69, 9.17) is 0 Å². The zero-order valence-electron chi connectivity index (χ0n) is 11.9. The van der Waals surface area contributed by atoms with Crippen LogP contribution in [0.5, 0.6) is 5.75 Å². The van der Waals surface area contributed by atoms with Crippen molar-refractivity contribution >= 4 is 5.69 Å². The molecule has 1 aliphatic carbocycles. The van der Waals surface area contributed by atoms with E-state index >= 15 is 0 Å². The number of hydrogen-bond donors (Lipinski definition) is 2. The van der Waals surface area contributed by atoms with E-state index in [0.29, 0.717) is 11.6 Å². The molecule has 1 aromatic carbocycles. The Kier molecular flexibility index (Phi) is 3.65. The van der Waals surface area contributed by atoms with Crippen molar-refractivity contribution in [1.82, 2.24) is 10.5 Å². The van der Waals surface area contributed by atoms with Crippen molar-refractivity contribution < 1.29 is 23.0 Å². The molecule has 1 heterocycles. The fraction of sp³-hybridized carbons (Fsp3) is 0.429. The standard InChI is InChI=1S/C14H16F3N3O2/c1-19-13(9-6-7-9)11(8-21)20(18-19)10-4-2-3-5-12(10)22-14(15,16)17/h2-5,9,18,21H,6-8H2,1H3. The van der Waals surface area contributed by atoms with E-state index in [-0.39, 0.29) is 18.0 Å². The van der Waals surface area contributed by atoms with E-state index in [1.54, 1.807) is 18.1 Å². The first-order chi connectivity index (χ1) is 10.4. The number of aliphatic hydroxyl groups is 1. The molecule has 1 aromatic rings. The van der Waals surface area contributed by atoms with Gasteiger partial charge in [-0.05, 0) is 25.0 Å². The number of hydrazine groups is 2. The van der Waals surface area contributed by atoms with E-state index in [1.165, 1.54) is 23.2 Å². The number of rotatable bonds is 4. The van der Waals surface area contributed by atoms with Gasteiger partial charge in [0.2, 0.25) is 0 Å². The number of halogens is 3. The lowest BCUT2D eigenvalue weighted by molar-refractivity contribution is -0.274. The summed E-state index contributed by atoms with van der Waals surface area (Å²) in [5, 5.41) is 12.8. The van der Waals surface area contributed by atoms with Gasteiger partial charge in [-0.3, -0.25) is 10.0 Å². The fourth-order valence-electron chi connectivity index (χ4n) is 2.64. The molecule has 0 unspecified atom stereocenters. The Labute approximate surface area is 125 Å². The topological polar surface area (TPSA) is 48.0 Å². The number of anilines is 1. The number of ether oxygens (including phenoxy) is 1. The van der Waals surface area contributed by atoms with Crippen molar-refractivity contribution in [3.63, 3.8) is 0 Å². The first kappa shape index (κ1) is 15.0. The van der Waals surface area contributed by atoms with Gasteiger partial charge in [-0.25, -0.2) is 0 Å². The van der Waals surface area contributed by atoms with Crippen LogP contribution in [0.3, 0.4) is 0 Å². The first-order valence-electron chi connectivity index (χ1n) is 6.89. The van der Waals surface area contributed by atoms with E-state index in [1.807, 2.05) is 0 Å². The number of benzene rings is 1. The van der Waals surface area contributed by atoms with Crippen LogP contribution in [0.1, 0.15) is 12.8 Å². The van der Waals surface area contributed by atoms with Gasteiger partial charge < -0.3 is 9.84 Å². The summed E-state index contributed by atoms with van der Waals surface area (Å²) in [5.41, 5.74) is 4.61. The summed E-state index contributed by atoms with van der Waals surface area (Å²) < 4.78 is 41.7. The average Bonchev–Trinajstić information content (AvgIpc) is 3.21. The third kappa shape index (κ3) is 2.84. The molecule has 0 saturated heterocycles. The van der Waals surface area contributed by atoms with Gasteiger partial charge >= 0.3 is 6.36 Å². The Morgan fingerprint density at radius 3 is 2.59 bits per heavy atom. The van der Waals surface area contributed by atoms with Crippen molar-refractivity contribution in [3.8, 4) is 5.75 Å². The summed E-state index contributed by atoms with van der Waals surface area (Å²) in [6.07, 6.45) is -2.75. The molecule has 0 radical (unpaired) electrons. The molecule has 2 aliphatic rings. The van der Waals surface area contributed by atoms with Gasteiger partial charge in [-0.1, -0.05) is 12.1 Å². The summed E-state index contributed by atoms with van der Waals surface area (Å²) >= 11 is 0. The second-order valence-electron chi connectivity index (χ2n) is 5.27. The summed E-state index contributed by atoms with van der Waals surface area (Å²) in [7, 11) is 1.77. The number of alkyl halides is 3. The van der Waals surface area contributed by atoms with E-state index in [9.17, 15) is 18.3 Å². The second kappa shape index (κ2) is 5.36. The maximum atomic E-state index is 12.5. The van der Waals surface area contributed by atoms with Gasteiger partial charge in [0, 0.05) is 13.0 Å². The molecule has 0 atom stereocenters. The fourth-order valence-corrected chi connectivity index (χ4v) is 2.64. The van der Waals surface area contributed by atoms with Crippen LogP contribution >= 0.6 is 0 Å². The van der Waals surface area contributed by atoms with Crippen molar-refractivity contribution in [3.05, 3.63) is 35.7 Å². The second-order valence-corrected chi connectivity index (χ2v) is 5.27. The molecule has 1 fully saturated rings.